The Morgan fingerprint density at radius 3 is 1.55 bits per heavy atom. The maximum Gasteiger partial charge on any atom is 0.0637 e. The molecular weight excluding hydrogens is 350 g/mol. The lowest BCUT2D eigenvalue weighted by molar-refractivity contribution is 1.43. The van der Waals surface area contributed by atoms with Gasteiger partial charge < -0.3 is 0 Å². The van der Waals surface area contributed by atoms with Gasteiger partial charge >= 0.3 is 0 Å². The number of rotatable bonds is 5. The first-order valence-corrected chi connectivity index (χ1v) is 9.74. The molecule has 0 fully saturated rings. The molecule has 4 rings (SSSR count). The molecule has 0 aliphatic rings. The number of aliphatic imine (C=N–C) groups is 1. The van der Waals surface area contributed by atoms with Crippen LogP contribution in [-0.2, 0) is 0 Å². The predicted molar refractivity (Wildman–Crippen MR) is 125 cm³/mol. The lowest BCUT2D eigenvalue weighted by Gasteiger charge is -2.12. The van der Waals surface area contributed by atoms with Crippen LogP contribution >= 0.6 is 0 Å². The van der Waals surface area contributed by atoms with Gasteiger partial charge in [-0.1, -0.05) is 85.4 Å². The van der Waals surface area contributed by atoms with Crippen LogP contribution < -0.4 is 0 Å². The van der Waals surface area contributed by atoms with Crippen molar-refractivity contribution in [3.05, 3.63) is 121 Å². The maximum atomic E-state index is 4.34. The Balaban J connectivity index is 1.89. The number of nitrogens with zero attached hydrogens (tertiary/aromatic N) is 1. The molecule has 0 heterocycles. The summed E-state index contributed by atoms with van der Waals surface area (Å²) in [5.74, 6) is 0. The van der Waals surface area contributed by atoms with Gasteiger partial charge in [-0.3, -0.25) is 4.99 Å². The molecule has 1 heteroatoms. The van der Waals surface area contributed by atoms with Crippen LogP contribution in [0.3, 0.4) is 0 Å². The van der Waals surface area contributed by atoms with E-state index >= 15 is 0 Å². The van der Waals surface area contributed by atoms with Crippen molar-refractivity contribution in [3.63, 3.8) is 0 Å². The Hall–Kier alpha value is -3.71. The minimum atomic E-state index is 0.898. The minimum Gasteiger partial charge on any atom is -0.288 e. The number of hydrogen-bond acceptors (Lipinski definition) is 1. The van der Waals surface area contributed by atoms with Crippen molar-refractivity contribution in [3.8, 4) is 33.4 Å². The number of allylic oxidation sites excluding steroid dienone is 1. The Kier molecular flexibility index (Phi) is 5.49. The van der Waals surface area contributed by atoms with Crippen molar-refractivity contribution in [2.24, 2.45) is 4.99 Å². The second-order valence-electron chi connectivity index (χ2n) is 6.92. The monoisotopic (exact) mass is 373 g/mol. The average Bonchev–Trinajstić information content (AvgIpc) is 2.81. The summed E-state index contributed by atoms with van der Waals surface area (Å²) in [6, 6.07) is 36.3. The fraction of sp³-hybridized carbons (Fsp3) is 0.0357. The van der Waals surface area contributed by atoms with E-state index in [1.54, 1.807) is 13.1 Å². The van der Waals surface area contributed by atoms with Gasteiger partial charge in [0, 0.05) is 12.6 Å². The molecule has 0 aliphatic heterocycles. The highest BCUT2D eigenvalue weighted by Crippen LogP contribution is 2.33. The van der Waals surface area contributed by atoms with Crippen LogP contribution in [0.2, 0.25) is 0 Å². The van der Waals surface area contributed by atoms with Crippen LogP contribution in [0.1, 0.15) is 5.56 Å². The third-order valence-electron chi connectivity index (χ3n) is 5.07. The van der Waals surface area contributed by atoms with Gasteiger partial charge in [0.2, 0.25) is 0 Å². The SMILES string of the molecule is C=C/C(=N\C)c1cccc(-c2cc(-c3ccccc3)cc(-c3ccccc3)c2)c1. The van der Waals surface area contributed by atoms with Crippen molar-refractivity contribution >= 4 is 5.71 Å². The molecule has 0 aromatic heterocycles. The fourth-order valence-electron chi connectivity index (χ4n) is 3.59. The topological polar surface area (TPSA) is 12.4 Å². The van der Waals surface area contributed by atoms with E-state index in [1.807, 2.05) is 0 Å². The van der Waals surface area contributed by atoms with E-state index in [4.69, 9.17) is 0 Å². The lowest BCUT2D eigenvalue weighted by Crippen LogP contribution is -1.96. The predicted octanol–water partition coefficient (Wildman–Crippen LogP) is 7.29. The van der Waals surface area contributed by atoms with Gasteiger partial charge in [-0.05, 0) is 63.7 Å². The molecule has 0 bridgehead atoms. The van der Waals surface area contributed by atoms with Gasteiger partial charge in [0.05, 0.1) is 5.71 Å². The van der Waals surface area contributed by atoms with E-state index in [0.717, 1.165) is 11.3 Å². The largest absolute Gasteiger partial charge is 0.288 e. The summed E-state index contributed by atoms with van der Waals surface area (Å²) >= 11 is 0. The Labute approximate surface area is 172 Å². The first-order valence-electron chi connectivity index (χ1n) is 9.74. The molecule has 1 nitrogen and oxygen atoms in total. The van der Waals surface area contributed by atoms with Crippen molar-refractivity contribution in [1.82, 2.24) is 0 Å². The van der Waals surface area contributed by atoms with E-state index in [9.17, 15) is 0 Å². The molecule has 0 saturated heterocycles. The zero-order valence-electron chi connectivity index (χ0n) is 16.5. The van der Waals surface area contributed by atoms with Crippen LogP contribution in [0, 0.1) is 0 Å². The fourth-order valence-corrected chi connectivity index (χ4v) is 3.59. The summed E-state index contributed by atoms with van der Waals surface area (Å²) in [7, 11) is 1.80. The minimum absolute atomic E-state index is 0.898. The van der Waals surface area contributed by atoms with Crippen LogP contribution in [0.15, 0.2) is 121 Å². The van der Waals surface area contributed by atoms with E-state index in [-0.39, 0.29) is 0 Å². The van der Waals surface area contributed by atoms with E-state index in [0.29, 0.717) is 0 Å². The standard InChI is InChI=1S/C28H23N/c1-3-28(29-2)24-16-10-15-23(17-24)27-19-25(21-11-6-4-7-12-21)18-26(20-27)22-13-8-5-9-14-22/h3-20H,1H2,2H3/b29-28+. The molecule has 0 unspecified atom stereocenters. The van der Waals surface area contributed by atoms with E-state index in [2.05, 4.69) is 115 Å². The van der Waals surface area contributed by atoms with Gasteiger partial charge in [-0.2, -0.15) is 0 Å². The van der Waals surface area contributed by atoms with Crippen LogP contribution in [0.25, 0.3) is 33.4 Å². The molecule has 0 amide bonds. The van der Waals surface area contributed by atoms with E-state index in [1.165, 1.54) is 33.4 Å². The van der Waals surface area contributed by atoms with Crippen molar-refractivity contribution < 1.29 is 0 Å². The molecule has 0 atom stereocenters. The molecule has 29 heavy (non-hydrogen) atoms. The molecule has 0 spiro atoms. The Morgan fingerprint density at radius 1 is 0.586 bits per heavy atom. The summed E-state index contributed by atoms with van der Waals surface area (Å²) in [5, 5.41) is 0. The lowest BCUT2D eigenvalue weighted by atomic mass is 9.92. The normalized spacial score (nSPS) is 11.3. The third kappa shape index (κ3) is 4.09. The van der Waals surface area contributed by atoms with Gasteiger partial charge in [0.25, 0.3) is 0 Å². The quantitative estimate of drug-likeness (QED) is 0.326. The van der Waals surface area contributed by atoms with Gasteiger partial charge in [0.1, 0.15) is 0 Å². The zero-order chi connectivity index (χ0) is 20.1. The summed E-state index contributed by atoms with van der Waals surface area (Å²) in [4.78, 5) is 4.34. The van der Waals surface area contributed by atoms with Crippen LogP contribution in [0.4, 0.5) is 0 Å². The van der Waals surface area contributed by atoms with Crippen molar-refractivity contribution in [2.45, 2.75) is 0 Å². The molecule has 0 aliphatic carbocycles. The molecule has 0 saturated carbocycles. The smallest absolute Gasteiger partial charge is 0.0637 e. The van der Waals surface area contributed by atoms with Gasteiger partial charge in [0.15, 0.2) is 0 Å². The molecule has 4 aromatic carbocycles. The number of benzene rings is 4. The Morgan fingerprint density at radius 2 is 1.07 bits per heavy atom. The third-order valence-corrected chi connectivity index (χ3v) is 5.07. The highest BCUT2D eigenvalue weighted by atomic mass is 14.7. The maximum absolute atomic E-state index is 4.34. The van der Waals surface area contributed by atoms with Crippen LogP contribution in [0.5, 0.6) is 0 Å². The Bertz CT molecular complexity index is 1100. The van der Waals surface area contributed by atoms with E-state index < -0.39 is 0 Å². The summed E-state index contributed by atoms with van der Waals surface area (Å²) in [6.07, 6.45) is 1.80. The summed E-state index contributed by atoms with van der Waals surface area (Å²) in [6.45, 7) is 3.89. The zero-order valence-corrected chi connectivity index (χ0v) is 16.5. The molecule has 4 aromatic rings. The highest BCUT2D eigenvalue weighted by Gasteiger charge is 2.08. The highest BCUT2D eigenvalue weighted by molar-refractivity contribution is 6.09. The molecular formula is C28H23N. The summed E-state index contributed by atoms with van der Waals surface area (Å²) < 4.78 is 0. The first kappa shape index (κ1) is 18.6. The van der Waals surface area contributed by atoms with Crippen molar-refractivity contribution in [1.29, 1.82) is 0 Å². The van der Waals surface area contributed by atoms with Crippen LogP contribution in [-0.4, -0.2) is 12.8 Å². The molecule has 0 radical (unpaired) electrons. The second kappa shape index (κ2) is 8.53. The molecule has 0 N–H and O–H groups in total. The second-order valence-corrected chi connectivity index (χ2v) is 6.92. The number of hydrogen-bond donors (Lipinski definition) is 0. The van der Waals surface area contributed by atoms with Gasteiger partial charge in [-0.25, -0.2) is 0 Å². The van der Waals surface area contributed by atoms with Crippen molar-refractivity contribution in [2.75, 3.05) is 7.05 Å². The van der Waals surface area contributed by atoms with Gasteiger partial charge in [-0.15, -0.1) is 0 Å². The summed E-state index contributed by atoms with van der Waals surface area (Å²) in [5.41, 5.74) is 9.17. The molecule has 140 valence electrons. The first-order chi connectivity index (χ1) is 14.3. The average molecular weight is 373 g/mol.